The van der Waals surface area contributed by atoms with Gasteiger partial charge in [0.05, 0.1) is 0 Å². The summed E-state index contributed by atoms with van der Waals surface area (Å²) in [5.41, 5.74) is 0. The van der Waals surface area contributed by atoms with Gasteiger partial charge in [0.1, 0.15) is 0 Å². The summed E-state index contributed by atoms with van der Waals surface area (Å²) in [6, 6.07) is -0.112. The predicted molar refractivity (Wildman–Crippen MR) is 68.9 cm³/mol. The van der Waals surface area contributed by atoms with Crippen molar-refractivity contribution in [3.05, 3.63) is 0 Å². The Kier molecular flexibility index (Phi) is 7.80. The van der Waals surface area contributed by atoms with Crippen LogP contribution in [0.5, 0.6) is 0 Å². The molecule has 100 valence electrons. The van der Waals surface area contributed by atoms with Gasteiger partial charge in [-0.3, -0.25) is 0 Å². The molecule has 1 rings (SSSR count). The maximum atomic E-state index is 11.2. The van der Waals surface area contributed by atoms with Crippen LogP contribution < -0.4 is 10.6 Å². The largest absolute Gasteiger partial charge is 0.396 e. The van der Waals surface area contributed by atoms with Gasteiger partial charge in [0.25, 0.3) is 0 Å². The molecule has 17 heavy (non-hydrogen) atoms. The van der Waals surface area contributed by atoms with E-state index in [-0.39, 0.29) is 12.6 Å². The number of hydrogen-bond acceptors (Lipinski definition) is 2. The van der Waals surface area contributed by atoms with Crippen LogP contribution in [0, 0.1) is 5.92 Å². The van der Waals surface area contributed by atoms with Gasteiger partial charge < -0.3 is 15.7 Å². The van der Waals surface area contributed by atoms with Gasteiger partial charge in [0, 0.05) is 19.7 Å². The third-order valence-electron chi connectivity index (χ3n) is 3.42. The molecular weight excluding hydrogens is 216 g/mol. The third kappa shape index (κ3) is 7.21. The molecule has 0 aliphatic heterocycles. The maximum absolute atomic E-state index is 11.2. The van der Waals surface area contributed by atoms with Crippen LogP contribution in [0.2, 0.25) is 0 Å². The van der Waals surface area contributed by atoms with E-state index >= 15 is 0 Å². The highest BCUT2D eigenvalue weighted by Gasteiger charge is 2.13. The lowest BCUT2D eigenvalue weighted by molar-refractivity contribution is 0.238. The fourth-order valence-corrected chi connectivity index (χ4v) is 2.40. The standard InChI is InChI=1S/C13H26N2O2/c16-11-5-10-15-13(17)14-9-4-3-8-12-6-1-2-7-12/h12,16H,1-11H2,(H2,14,15,17). The van der Waals surface area contributed by atoms with Crippen molar-refractivity contribution < 1.29 is 9.90 Å². The molecule has 0 aromatic rings. The molecule has 0 atom stereocenters. The number of aliphatic hydroxyl groups excluding tert-OH is 1. The van der Waals surface area contributed by atoms with E-state index in [1.807, 2.05) is 0 Å². The van der Waals surface area contributed by atoms with Gasteiger partial charge in [0.15, 0.2) is 0 Å². The van der Waals surface area contributed by atoms with E-state index in [4.69, 9.17) is 5.11 Å². The van der Waals surface area contributed by atoms with E-state index in [9.17, 15) is 4.79 Å². The fraction of sp³-hybridized carbons (Fsp3) is 0.923. The number of carbonyl (C=O) groups excluding carboxylic acids is 1. The SMILES string of the molecule is O=C(NCCCO)NCCCCC1CCCC1. The summed E-state index contributed by atoms with van der Waals surface area (Å²) in [5, 5.41) is 14.1. The third-order valence-corrected chi connectivity index (χ3v) is 3.42. The van der Waals surface area contributed by atoms with Crippen LogP contribution in [0.4, 0.5) is 4.79 Å². The number of rotatable bonds is 8. The van der Waals surface area contributed by atoms with Crippen molar-refractivity contribution in [3.8, 4) is 0 Å². The zero-order valence-electron chi connectivity index (χ0n) is 10.7. The average molecular weight is 242 g/mol. The van der Waals surface area contributed by atoms with Crippen LogP contribution in [0.3, 0.4) is 0 Å². The Morgan fingerprint density at radius 2 is 1.71 bits per heavy atom. The minimum Gasteiger partial charge on any atom is -0.396 e. The molecule has 4 nitrogen and oxygen atoms in total. The van der Waals surface area contributed by atoms with Crippen molar-refractivity contribution in [1.82, 2.24) is 10.6 Å². The topological polar surface area (TPSA) is 61.4 Å². The molecule has 1 aliphatic rings. The normalized spacial score (nSPS) is 16.1. The quantitative estimate of drug-likeness (QED) is 0.570. The molecule has 1 aliphatic carbocycles. The first-order valence-electron chi connectivity index (χ1n) is 6.95. The number of unbranched alkanes of at least 4 members (excludes halogenated alkanes) is 1. The molecule has 4 heteroatoms. The highest BCUT2D eigenvalue weighted by atomic mass is 16.3. The zero-order valence-corrected chi connectivity index (χ0v) is 10.7. The van der Waals surface area contributed by atoms with E-state index in [1.165, 1.54) is 38.5 Å². The Labute approximate surface area is 104 Å². The molecule has 0 bridgehead atoms. The van der Waals surface area contributed by atoms with Crippen molar-refractivity contribution in [2.75, 3.05) is 19.7 Å². The lowest BCUT2D eigenvalue weighted by Crippen LogP contribution is -2.36. The van der Waals surface area contributed by atoms with Crippen molar-refractivity contribution in [2.24, 2.45) is 5.92 Å². The van der Waals surface area contributed by atoms with E-state index in [0.29, 0.717) is 13.0 Å². The first-order chi connectivity index (χ1) is 8.33. The van der Waals surface area contributed by atoms with E-state index < -0.39 is 0 Å². The maximum Gasteiger partial charge on any atom is 0.314 e. The van der Waals surface area contributed by atoms with Crippen molar-refractivity contribution in [3.63, 3.8) is 0 Å². The van der Waals surface area contributed by atoms with Gasteiger partial charge in [-0.05, 0) is 18.8 Å². The highest BCUT2D eigenvalue weighted by molar-refractivity contribution is 5.73. The number of urea groups is 1. The molecule has 3 N–H and O–H groups in total. The van der Waals surface area contributed by atoms with Crippen LogP contribution in [0.1, 0.15) is 51.4 Å². The number of amides is 2. The Morgan fingerprint density at radius 1 is 1.06 bits per heavy atom. The minimum atomic E-state index is -0.112. The molecule has 0 heterocycles. The Bertz CT molecular complexity index is 204. The number of aliphatic hydroxyl groups is 1. The second-order valence-electron chi connectivity index (χ2n) is 4.91. The fourth-order valence-electron chi connectivity index (χ4n) is 2.40. The van der Waals surface area contributed by atoms with Crippen molar-refractivity contribution in [2.45, 2.75) is 51.4 Å². The van der Waals surface area contributed by atoms with E-state index in [0.717, 1.165) is 18.9 Å². The van der Waals surface area contributed by atoms with Gasteiger partial charge in [-0.2, -0.15) is 0 Å². The van der Waals surface area contributed by atoms with Gasteiger partial charge in [-0.1, -0.05) is 38.5 Å². The molecule has 1 saturated carbocycles. The summed E-state index contributed by atoms with van der Waals surface area (Å²) in [6.07, 6.45) is 9.89. The van der Waals surface area contributed by atoms with Gasteiger partial charge in [-0.15, -0.1) is 0 Å². The molecule has 1 fully saturated rings. The molecule has 0 spiro atoms. The zero-order chi connectivity index (χ0) is 12.3. The molecule has 0 aromatic heterocycles. The van der Waals surface area contributed by atoms with Crippen LogP contribution >= 0.6 is 0 Å². The molecule has 0 radical (unpaired) electrons. The second kappa shape index (κ2) is 9.28. The lowest BCUT2D eigenvalue weighted by atomic mass is 10.0. The Morgan fingerprint density at radius 3 is 2.35 bits per heavy atom. The molecule has 2 amide bonds. The highest BCUT2D eigenvalue weighted by Crippen LogP contribution is 2.28. The van der Waals surface area contributed by atoms with Crippen LogP contribution in [-0.4, -0.2) is 30.8 Å². The van der Waals surface area contributed by atoms with E-state index in [1.54, 1.807) is 0 Å². The van der Waals surface area contributed by atoms with Crippen LogP contribution in [-0.2, 0) is 0 Å². The Hall–Kier alpha value is -0.770. The van der Waals surface area contributed by atoms with Crippen molar-refractivity contribution >= 4 is 6.03 Å². The number of carbonyl (C=O) groups is 1. The first-order valence-corrected chi connectivity index (χ1v) is 6.95. The summed E-state index contributed by atoms with van der Waals surface area (Å²) in [5.74, 6) is 0.952. The number of hydrogen-bond donors (Lipinski definition) is 3. The van der Waals surface area contributed by atoms with Gasteiger partial charge in [-0.25, -0.2) is 4.79 Å². The average Bonchev–Trinajstić information content (AvgIpc) is 2.82. The summed E-state index contributed by atoms with van der Waals surface area (Å²) < 4.78 is 0. The molecular formula is C13H26N2O2. The summed E-state index contributed by atoms with van der Waals surface area (Å²) in [4.78, 5) is 11.2. The van der Waals surface area contributed by atoms with Crippen LogP contribution in [0.15, 0.2) is 0 Å². The second-order valence-corrected chi connectivity index (χ2v) is 4.91. The van der Waals surface area contributed by atoms with Gasteiger partial charge >= 0.3 is 6.03 Å². The summed E-state index contributed by atoms with van der Waals surface area (Å²) in [6.45, 7) is 1.43. The summed E-state index contributed by atoms with van der Waals surface area (Å²) in [7, 11) is 0. The predicted octanol–water partition coefficient (Wildman–Crippen LogP) is 2.03. The van der Waals surface area contributed by atoms with Crippen molar-refractivity contribution in [1.29, 1.82) is 0 Å². The minimum absolute atomic E-state index is 0.112. The number of nitrogens with one attached hydrogen (secondary N) is 2. The molecule has 0 saturated heterocycles. The van der Waals surface area contributed by atoms with E-state index in [2.05, 4.69) is 10.6 Å². The summed E-state index contributed by atoms with van der Waals surface area (Å²) >= 11 is 0. The van der Waals surface area contributed by atoms with Crippen LogP contribution in [0.25, 0.3) is 0 Å². The Balaban J connectivity index is 1.84. The molecule has 0 unspecified atom stereocenters. The first kappa shape index (κ1) is 14.3. The lowest BCUT2D eigenvalue weighted by Gasteiger charge is -2.09. The molecule has 0 aromatic carbocycles. The monoisotopic (exact) mass is 242 g/mol. The van der Waals surface area contributed by atoms with Gasteiger partial charge in [0.2, 0.25) is 0 Å². The smallest absolute Gasteiger partial charge is 0.314 e.